The normalized spacial score (nSPS) is 10.5. The summed E-state index contributed by atoms with van der Waals surface area (Å²) in [4.78, 5) is 41.6. The van der Waals surface area contributed by atoms with Crippen molar-refractivity contribution in [1.29, 1.82) is 0 Å². The van der Waals surface area contributed by atoms with Crippen LogP contribution in [0.5, 0.6) is 0 Å². The molecule has 0 radical (unpaired) electrons. The number of methoxy groups -OCH3 is 1. The van der Waals surface area contributed by atoms with Crippen molar-refractivity contribution >= 4 is 34.4 Å². The van der Waals surface area contributed by atoms with Crippen LogP contribution in [0, 0.1) is 6.92 Å². The Morgan fingerprint density at radius 3 is 2.43 bits per heavy atom. The van der Waals surface area contributed by atoms with Crippen molar-refractivity contribution in [3.63, 3.8) is 0 Å². The number of carbonyl (C=O) groups excluding carboxylic acids is 3. The first kappa shape index (κ1) is 21.0. The van der Waals surface area contributed by atoms with Gasteiger partial charge in [-0.3, -0.25) is 9.78 Å². The van der Waals surface area contributed by atoms with Gasteiger partial charge in [0.15, 0.2) is 6.61 Å². The SMILES string of the molecule is CCc1nc2ccccc2c(C(=O)OCC(=O)Nc2ccccc2C(=O)OC)c1C. The van der Waals surface area contributed by atoms with Gasteiger partial charge in [-0.2, -0.15) is 0 Å². The average molecular weight is 406 g/mol. The third kappa shape index (κ3) is 4.30. The summed E-state index contributed by atoms with van der Waals surface area (Å²) in [6, 6.07) is 13.7. The topological polar surface area (TPSA) is 94.6 Å². The Balaban J connectivity index is 1.78. The van der Waals surface area contributed by atoms with Crippen molar-refractivity contribution in [2.24, 2.45) is 0 Å². The maximum absolute atomic E-state index is 12.8. The number of hydrogen-bond donors (Lipinski definition) is 1. The fraction of sp³-hybridized carbons (Fsp3) is 0.217. The molecule has 0 saturated heterocycles. The molecule has 0 aliphatic rings. The number of nitrogens with one attached hydrogen (secondary N) is 1. The molecule has 7 nitrogen and oxygen atoms in total. The molecule has 3 rings (SSSR count). The van der Waals surface area contributed by atoms with Gasteiger partial charge in [0.25, 0.3) is 5.91 Å². The fourth-order valence-electron chi connectivity index (χ4n) is 3.23. The Labute approximate surface area is 174 Å². The average Bonchev–Trinajstić information content (AvgIpc) is 2.76. The van der Waals surface area contributed by atoms with E-state index < -0.39 is 24.5 Å². The number of para-hydroxylation sites is 2. The lowest BCUT2D eigenvalue weighted by molar-refractivity contribution is -0.119. The van der Waals surface area contributed by atoms with Crippen LogP contribution in [-0.4, -0.2) is 36.5 Å². The molecule has 0 fully saturated rings. The van der Waals surface area contributed by atoms with Gasteiger partial charge in [0.2, 0.25) is 0 Å². The Kier molecular flexibility index (Phi) is 6.41. The van der Waals surface area contributed by atoms with E-state index in [2.05, 4.69) is 10.3 Å². The third-order valence-corrected chi connectivity index (χ3v) is 4.72. The molecular weight excluding hydrogens is 384 g/mol. The standard InChI is InChI=1S/C23H22N2O5/c1-4-17-14(2)21(15-9-5-7-11-18(15)24-17)23(28)30-13-20(26)25-19-12-8-6-10-16(19)22(27)29-3/h5-12H,4,13H2,1-3H3,(H,25,26). The molecule has 1 amide bonds. The molecule has 0 aliphatic heterocycles. The number of amides is 1. The molecule has 2 aromatic carbocycles. The Bertz CT molecular complexity index is 1120. The number of fused-ring (bicyclic) bond motifs is 1. The van der Waals surface area contributed by atoms with Crippen molar-refractivity contribution in [3.05, 3.63) is 70.9 Å². The lowest BCUT2D eigenvalue weighted by atomic mass is 10.0. The van der Waals surface area contributed by atoms with Crippen molar-refractivity contribution < 1.29 is 23.9 Å². The largest absolute Gasteiger partial charge is 0.465 e. The molecule has 0 unspecified atom stereocenters. The quantitative estimate of drug-likeness (QED) is 0.628. The minimum absolute atomic E-state index is 0.211. The molecule has 0 bridgehead atoms. The minimum Gasteiger partial charge on any atom is -0.465 e. The predicted molar refractivity (Wildman–Crippen MR) is 113 cm³/mol. The zero-order valence-electron chi connectivity index (χ0n) is 17.0. The Morgan fingerprint density at radius 1 is 1.00 bits per heavy atom. The highest BCUT2D eigenvalue weighted by molar-refractivity contribution is 6.06. The van der Waals surface area contributed by atoms with Gasteiger partial charge in [0.05, 0.1) is 29.4 Å². The molecule has 1 N–H and O–H groups in total. The van der Waals surface area contributed by atoms with E-state index in [4.69, 9.17) is 9.47 Å². The molecule has 1 heterocycles. The van der Waals surface area contributed by atoms with Crippen molar-refractivity contribution in [1.82, 2.24) is 4.98 Å². The molecule has 0 atom stereocenters. The van der Waals surface area contributed by atoms with Crippen LogP contribution >= 0.6 is 0 Å². The smallest absolute Gasteiger partial charge is 0.339 e. The predicted octanol–water partition coefficient (Wildman–Crippen LogP) is 3.69. The van der Waals surface area contributed by atoms with Gasteiger partial charge in [0.1, 0.15) is 0 Å². The first-order chi connectivity index (χ1) is 14.5. The maximum atomic E-state index is 12.8. The highest BCUT2D eigenvalue weighted by atomic mass is 16.5. The van der Waals surface area contributed by atoms with E-state index in [0.717, 1.165) is 11.3 Å². The summed E-state index contributed by atoms with van der Waals surface area (Å²) in [5, 5.41) is 3.25. The number of anilines is 1. The molecule has 30 heavy (non-hydrogen) atoms. The Hall–Kier alpha value is -3.74. The first-order valence-corrected chi connectivity index (χ1v) is 9.48. The zero-order chi connectivity index (χ0) is 21.7. The molecule has 3 aromatic rings. The monoisotopic (exact) mass is 406 g/mol. The molecule has 0 aliphatic carbocycles. The molecule has 154 valence electrons. The van der Waals surface area contributed by atoms with Gasteiger partial charge in [-0.25, -0.2) is 9.59 Å². The van der Waals surface area contributed by atoms with Gasteiger partial charge >= 0.3 is 11.9 Å². The fourth-order valence-corrected chi connectivity index (χ4v) is 3.23. The van der Waals surface area contributed by atoms with Gasteiger partial charge in [-0.05, 0) is 37.1 Å². The van der Waals surface area contributed by atoms with E-state index in [-0.39, 0.29) is 11.3 Å². The molecule has 1 aromatic heterocycles. The lowest BCUT2D eigenvalue weighted by Crippen LogP contribution is -2.23. The number of aryl methyl sites for hydroxylation is 1. The minimum atomic E-state index is -0.600. The number of esters is 2. The van der Waals surface area contributed by atoms with Gasteiger partial charge in [-0.1, -0.05) is 37.3 Å². The summed E-state index contributed by atoms with van der Waals surface area (Å²) in [5.74, 6) is -1.74. The number of ether oxygens (including phenoxy) is 2. The zero-order valence-corrected chi connectivity index (χ0v) is 17.0. The van der Waals surface area contributed by atoms with Crippen LogP contribution in [0.1, 0.15) is 38.9 Å². The van der Waals surface area contributed by atoms with Gasteiger partial charge < -0.3 is 14.8 Å². The van der Waals surface area contributed by atoms with Crippen molar-refractivity contribution in [3.8, 4) is 0 Å². The summed E-state index contributed by atoms with van der Waals surface area (Å²) in [7, 11) is 1.26. The highest BCUT2D eigenvalue weighted by Crippen LogP contribution is 2.24. The summed E-state index contributed by atoms with van der Waals surface area (Å²) >= 11 is 0. The van der Waals surface area contributed by atoms with Gasteiger partial charge in [-0.15, -0.1) is 0 Å². The second-order valence-electron chi connectivity index (χ2n) is 6.59. The highest BCUT2D eigenvalue weighted by Gasteiger charge is 2.20. The van der Waals surface area contributed by atoms with Crippen LogP contribution in [0.3, 0.4) is 0 Å². The Morgan fingerprint density at radius 2 is 1.70 bits per heavy atom. The van der Waals surface area contributed by atoms with Crippen molar-refractivity contribution in [2.45, 2.75) is 20.3 Å². The summed E-state index contributed by atoms with van der Waals surface area (Å²) < 4.78 is 9.99. The van der Waals surface area contributed by atoms with Crippen LogP contribution in [0.25, 0.3) is 10.9 Å². The van der Waals surface area contributed by atoms with Gasteiger partial charge in [0, 0.05) is 11.1 Å². The number of pyridine rings is 1. The lowest BCUT2D eigenvalue weighted by Gasteiger charge is -2.13. The van der Waals surface area contributed by atoms with Crippen LogP contribution in [0.4, 0.5) is 5.69 Å². The second-order valence-corrected chi connectivity index (χ2v) is 6.59. The van der Waals surface area contributed by atoms with E-state index >= 15 is 0 Å². The second kappa shape index (κ2) is 9.17. The van der Waals surface area contributed by atoms with Crippen LogP contribution in [-0.2, 0) is 20.7 Å². The van der Waals surface area contributed by atoms with Crippen molar-refractivity contribution in [2.75, 3.05) is 19.0 Å². The number of rotatable bonds is 6. The van der Waals surface area contributed by atoms with E-state index in [1.807, 2.05) is 32.0 Å². The summed E-state index contributed by atoms with van der Waals surface area (Å²) in [6.07, 6.45) is 0.668. The number of benzene rings is 2. The molecule has 0 saturated carbocycles. The van der Waals surface area contributed by atoms with Crippen LogP contribution in [0.15, 0.2) is 48.5 Å². The first-order valence-electron chi connectivity index (χ1n) is 9.48. The third-order valence-electron chi connectivity index (χ3n) is 4.72. The number of nitrogens with zero attached hydrogens (tertiary/aromatic N) is 1. The van der Waals surface area contributed by atoms with E-state index in [1.165, 1.54) is 13.2 Å². The summed E-state index contributed by atoms with van der Waals surface area (Å²) in [6.45, 7) is 3.29. The maximum Gasteiger partial charge on any atom is 0.339 e. The van der Waals surface area contributed by atoms with E-state index in [1.54, 1.807) is 24.3 Å². The van der Waals surface area contributed by atoms with E-state index in [9.17, 15) is 14.4 Å². The molecule has 7 heteroatoms. The summed E-state index contributed by atoms with van der Waals surface area (Å²) in [5.41, 5.74) is 3.13. The van der Waals surface area contributed by atoms with Crippen LogP contribution < -0.4 is 5.32 Å². The molecular formula is C23H22N2O5. The number of carbonyl (C=O) groups is 3. The van der Waals surface area contributed by atoms with Crippen LogP contribution in [0.2, 0.25) is 0 Å². The number of hydrogen-bond acceptors (Lipinski definition) is 6. The number of aromatic nitrogens is 1. The molecule has 0 spiro atoms. The van der Waals surface area contributed by atoms with E-state index in [0.29, 0.717) is 22.9 Å².